The second-order valence-corrected chi connectivity index (χ2v) is 5.94. The van der Waals surface area contributed by atoms with Gasteiger partial charge in [0.2, 0.25) is 5.91 Å². The third-order valence-electron chi connectivity index (χ3n) is 4.53. The van der Waals surface area contributed by atoms with Crippen LogP contribution in [0.2, 0.25) is 0 Å². The first-order valence-electron chi connectivity index (χ1n) is 7.51. The van der Waals surface area contributed by atoms with Crippen molar-refractivity contribution in [1.29, 1.82) is 0 Å². The number of rotatable bonds is 5. The predicted molar refractivity (Wildman–Crippen MR) is 70.8 cm³/mol. The summed E-state index contributed by atoms with van der Waals surface area (Å²) < 4.78 is 11.0. The minimum Gasteiger partial charge on any atom is -0.378 e. The molecule has 0 aromatic rings. The van der Waals surface area contributed by atoms with E-state index in [1.807, 2.05) is 4.90 Å². The quantitative estimate of drug-likeness (QED) is 0.726. The molecule has 3 rings (SSSR count). The van der Waals surface area contributed by atoms with Crippen LogP contribution in [0.25, 0.3) is 0 Å². The lowest BCUT2D eigenvalue weighted by Gasteiger charge is -2.17. The van der Waals surface area contributed by atoms with Gasteiger partial charge in [-0.15, -0.1) is 0 Å². The smallest absolute Gasteiger partial charge is 0.224 e. The first-order chi connectivity index (χ1) is 9.33. The summed E-state index contributed by atoms with van der Waals surface area (Å²) in [5.74, 6) is 1.61. The number of hydrogen-bond donors (Lipinski definition) is 1. The zero-order valence-electron chi connectivity index (χ0n) is 11.5. The van der Waals surface area contributed by atoms with Gasteiger partial charge < -0.3 is 19.7 Å². The first-order valence-corrected chi connectivity index (χ1v) is 7.51. The van der Waals surface area contributed by atoms with Crippen LogP contribution in [0.15, 0.2) is 0 Å². The van der Waals surface area contributed by atoms with Gasteiger partial charge in [-0.3, -0.25) is 4.79 Å². The number of likely N-dealkylation sites (tertiary alicyclic amines) is 1. The maximum Gasteiger partial charge on any atom is 0.224 e. The van der Waals surface area contributed by atoms with E-state index in [2.05, 4.69) is 5.32 Å². The van der Waals surface area contributed by atoms with Crippen molar-refractivity contribution >= 4 is 5.91 Å². The molecule has 3 aliphatic rings. The van der Waals surface area contributed by atoms with E-state index in [0.29, 0.717) is 31.5 Å². The lowest BCUT2D eigenvalue weighted by molar-refractivity contribution is -0.131. The maximum absolute atomic E-state index is 12.1. The number of carbonyl (C=O) groups is 1. The summed E-state index contributed by atoms with van der Waals surface area (Å²) in [4.78, 5) is 14.1. The Morgan fingerprint density at radius 2 is 2.11 bits per heavy atom. The summed E-state index contributed by atoms with van der Waals surface area (Å²) >= 11 is 0. The number of hydrogen-bond acceptors (Lipinski definition) is 4. The topological polar surface area (TPSA) is 50.8 Å². The molecule has 0 spiro atoms. The second-order valence-electron chi connectivity index (χ2n) is 5.94. The zero-order chi connectivity index (χ0) is 13.1. The highest BCUT2D eigenvalue weighted by Gasteiger charge is 2.37. The highest BCUT2D eigenvalue weighted by molar-refractivity contribution is 5.76. The molecular weight excluding hydrogens is 244 g/mol. The molecule has 5 nitrogen and oxygen atoms in total. The normalized spacial score (nSPS) is 33.9. The fourth-order valence-corrected chi connectivity index (χ4v) is 3.37. The van der Waals surface area contributed by atoms with Crippen molar-refractivity contribution in [2.24, 2.45) is 11.8 Å². The largest absolute Gasteiger partial charge is 0.378 e. The molecule has 3 saturated heterocycles. The summed E-state index contributed by atoms with van der Waals surface area (Å²) in [6.07, 6.45) is 3.00. The van der Waals surface area contributed by atoms with Crippen LogP contribution in [0.1, 0.15) is 19.3 Å². The first kappa shape index (κ1) is 13.3. The van der Waals surface area contributed by atoms with E-state index >= 15 is 0 Å². The molecule has 108 valence electrons. The third kappa shape index (κ3) is 3.27. The van der Waals surface area contributed by atoms with Gasteiger partial charge in [0.1, 0.15) is 0 Å². The maximum atomic E-state index is 12.1. The molecule has 3 fully saturated rings. The van der Waals surface area contributed by atoms with Gasteiger partial charge in [-0.1, -0.05) is 0 Å². The van der Waals surface area contributed by atoms with E-state index in [-0.39, 0.29) is 12.0 Å². The molecule has 19 heavy (non-hydrogen) atoms. The molecule has 1 unspecified atom stereocenters. The van der Waals surface area contributed by atoms with Crippen molar-refractivity contribution < 1.29 is 14.3 Å². The van der Waals surface area contributed by atoms with E-state index < -0.39 is 0 Å². The van der Waals surface area contributed by atoms with Crippen LogP contribution in [-0.4, -0.2) is 62.9 Å². The number of fused-ring (bicyclic) bond motifs is 1. The van der Waals surface area contributed by atoms with Crippen molar-refractivity contribution in [1.82, 2.24) is 10.2 Å². The van der Waals surface area contributed by atoms with E-state index in [0.717, 1.165) is 45.6 Å². The summed E-state index contributed by atoms with van der Waals surface area (Å²) in [7, 11) is 0. The molecule has 0 radical (unpaired) electrons. The molecule has 3 aliphatic heterocycles. The van der Waals surface area contributed by atoms with Gasteiger partial charge in [-0.05, 0) is 24.7 Å². The molecule has 0 bridgehead atoms. The van der Waals surface area contributed by atoms with Gasteiger partial charge >= 0.3 is 0 Å². The Morgan fingerprint density at radius 1 is 1.32 bits per heavy atom. The summed E-state index contributed by atoms with van der Waals surface area (Å²) in [5.41, 5.74) is 0. The number of carbonyl (C=O) groups excluding carboxylic acids is 1. The zero-order valence-corrected chi connectivity index (χ0v) is 11.5. The molecule has 1 amide bonds. The van der Waals surface area contributed by atoms with E-state index in [1.165, 1.54) is 0 Å². The molecule has 1 N–H and O–H groups in total. The number of amides is 1. The average molecular weight is 268 g/mol. The second kappa shape index (κ2) is 6.20. The third-order valence-corrected chi connectivity index (χ3v) is 4.53. The predicted octanol–water partition coefficient (Wildman–Crippen LogP) is 0.250. The fraction of sp³-hybridized carbons (Fsp3) is 0.929. The summed E-state index contributed by atoms with van der Waals surface area (Å²) in [6, 6.07) is 0. The van der Waals surface area contributed by atoms with Crippen molar-refractivity contribution in [3.05, 3.63) is 0 Å². The monoisotopic (exact) mass is 268 g/mol. The molecule has 0 aliphatic carbocycles. The molecule has 0 aromatic carbocycles. The highest BCUT2D eigenvalue weighted by Crippen LogP contribution is 2.26. The lowest BCUT2D eigenvalue weighted by atomic mass is 10.0. The number of nitrogens with zero attached hydrogens (tertiary/aromatic N) is 1. The van der Waals surface area contributed by atoms with Gasteiger partial charge in [0.05, 0.1) is 25.7 Å². The molecule has 5 heteroatoms. The van der Waals surface area contributed by atoms with Crippen molar-refractivity contribution in [3.63, 3.8) is 0 Å². The van der Waals surface area contributed by atoms with E-state index in [9.17, 15) is 4.79 Å². The van der Waals surface area contributed by atoms with Crippen LogP contribution in [0.4, 0.5) is 0 Å². The van der Waals surface area contributed by atoms with Crippen LogP contribution in [-0.2, 0) is 14.3 Å². The van der Waals surface area contributed by atoms with Crippen LogP contribution >= 0.6 is 0 Å². The van der Waals surface area contributed by atoms with E-state index in [4.69, 9.17) is 9.47 Å². The minimum absolute atomic E-state index is 0.252. The standard InChI is InChI=1S/C14H24N2O3/c17-14(3-5-18-10-13-2-1-4-19-13)16-8-11-6-15-7-12(11)9-16/h11-13,15H,1-10H2/t11-,12+,13?. The Morgan fingerprint density at radius 3 is 2.79 bits per heavy atom. The van der Waals surface area contributed by atoms with Gasteiger partial charge in [0.15, 0.2) is 0 Å². The van der Waals surface area contributed by atoms with Gasteiger partial charge in [-0.25, -0.2) is 0 Å². The van der Waals surface area contributed by atoms with Gasteiger partial charge in [0.25, 0.3) is 0 Å². The fourth-order valence-electron chi connectivity index (χ4n) is 3.37. The Hall–Kier alpha value is -0.650. The number of nitrogens with one attached hydrogen (secondary N) is 1. The molecular formula is C14H24N2O3. The Kier molecular flexibility index (Phi) is 4.35. The molecule has 3 heterocycles. The minimum atomic E-state index is 0.252. The van der Waals surface area contributed by atoms with Crippen molar-refractivity contribution in [2.75, 3.05) is 46.0 Å². The SMILES string of the molecule is O=C(CCOCC1CCCO1)N1C[C@H]2CNC[C@H]2C1. The van der Waals surface area contributed by atoms with Gasteiger partial charge in [-0.2, -0.15) is 0 Å². The van der Waals surface area contributed by atoms with E-state index in [1.54, 1.807) is 0 Å². The van der Waals surface area contributed by atoms with Crippen LogP contribution in [0.3, 0.4) is 0 Å². The summed E-state index contributed by atoms with van der Waals surface area (Å²) in [5, 5.41) is 3.39. The number of ether oxygens (including phenoxy) is 2. The Bertz CT molecular complexity index is 306. The van der Waals surface area contributed by atoms with Crippen molar-refractivity contribution in [2.45, 2.75) is 25.4 Å². The Labute approximate surface area is 114 Å². The molecule has 0 saturated carbocycles. The highest BCUT2D eigenvalue weighted by atomic mass is 16.5. The van der Waals surface area contributed by atoms with Gasteiger partial charge in [0, 0.05) is 32.8 Å². The van der Waals surface area contributed by atoms with Crippen LogP contribution in [0, 0.1) is 11.8 Å². The van der Waals surface area contributed by atoms with Crippen LogP contribution < -0.4 is 5.32 Å². The Balaban J connectivity index is 1.31. The van der Waals surface area contributed by atoms with Crippen LogP contribution in [0.5, 0.6) is 0 Å². The summed E-state index contributed by atoms with van der Waals surface area (Å²) in [6.45, 7) is 6.04. The lowest BCUT2D eigenvalue weighted by Crippen LogP contribution is -2.32. The van der Waals surface area contributed by atoms with Crippen molar-refractivity contribution in [3.8, 4) is 0 Å². The average Bonchev–Trinajstić information content (AvgIpc) is 3.09. The molecule has 3 atom stereocenters. The molecule has 0 aromatic heterocycles.